The van der Waals surface area contributed by atoms with Crippen LogP contribution in [0.5, 0.6) is 5.75 Å². The Morgan fingerprint density at radius 2 is 1.96 bits per heavy atom. The van der Waals surface area contributed by atoms with Gasteiger partial charge in [-0.3, -0.25) is 10.1 Å². The Kier molecular flexibility index (Phi) is 5.54. The maximum absolute atomic E-state index is 12.6. The topological polar surface area (TPSA) is 104 Å². The van der Waals surface area contributed by atoms with Gasteiger partial charge in [-0.15, -0.1) is 15.3 Å². The second-order valence-electron chi connectivity index (χ2n) is 5.24. The summed E-state index contributed by atoms with van der Waals surface area (Å²) in [5, 5.41) is 20.0. The standard InChI is InChI=1S/C16H18N6O3S/c1-4-13-18-20-16(26-13)17-15(23)14-12(9-24-2)22(21-19-14)10-5-7-11(25-3)8-6-10/h5-8H,4,9H2,1-3H3,(H,17,20,23). The highest BCUT2D eigenvalue weighted by Crippen LogP contribution is 2.20. The molecule has 0 aliphatic rings. The Morgan fingerprint density at radius 1 is 1.19 bits per heavy atom. The first kappa shape index (κ1) is 18.0. The molecule has 0 bridgehead atoms. The molecule has 2 heterocycles. The first-order valence-corrected chi connectivity index (χ1v) is 8.69. The van der Waals surface area contributed by atoms with Crippen LogP contribution >= 0.6 is 11.3 Å². The molecule has 0 fully saturated rings. The lowest BCUT2D eigenvalue weighted by molar-refractivity contribution is 0.101. The van der Waals surface area contributed by atoms with Gasteiger partial charge in [0.1, 0.15) is 16.5 Å². The molecule has 0 saturated carbocycles. The summed E-state index contributed by atoms with van der Waals surface area (Å²) >= 11 is 1.33. The Morgan fingerprint density at radius 3 is 2.58 bits per heavy atom. The number of aryl methyl sites for hydroxylation is 1. The van der Waals surface area contributed by atoms with Crippen LogP contribution in [0.15, 0.2) is 24.3 Å². The molecule has 2 aromatic heterocycles. The highest BCUT2D eigenvalue weighted by Gasteiger charge is 2.21. The van der Waals surface area contributed by atoms with Gasteiger partial charge in [-0.1, -0.05) is 23.5 Å². The largest absolute Gasteiger partial charge is 0.497 e. The number of nitrogens with zero attached hydrogens (tertiary/aromatic N) is 5. The van der Waals surface area contributed by atoms with Gasteiger partial charge in [-0.05, 0) is 30.7 Å². The monoisotopic (exact) mass is 374 g/mol. The van der Waals surface area contributed by atoms with Gasteiger partial charge < -0.3 is 9.47 Å². The molecule has 1 N–H and O–H groups in total. The molecule has 0 spiro atoms. The zero-order valence-corrected chi connectivity index (χ0v) is 15.4. The second kappa shape index (κ2) is 8.02. The molecule has 9 nitrogen and oxygen atoms in total. The molecular formula is C16H18N6O3S. The Hall–Kier alpha value is -2.85. The molecule has 136 valence electrons. The molecule has 3 rings (SSSR count). The number of carbonyl (C=O) groups excluding carboxylic acids is 1. The van der Waals surface area contributed by atoms with Crippen LogP contribution in [0.4, 0.5) is 5.13 Å². The molecular weight excluding hydrogens is 356 g/mol. The van der Waals surface area contributed by atoms with Crippen LogP contribution in [0, 0.1) is 0 Å². The number of benzene rings is 1. The van der Waals surface area contributed by atoms with Crippen molar-refractivity contribution >= 4 is 22.4 Å². The predicted octanol–water partition coefficient (Wildman–Crippen LogP) is 2.09. The fourth-order valence-corrected chi connectivity index (χ4v) is 2.95. The molecule has 26 heavy (non-hydrogen) atoms. The van der Waals surface area contributed by atoms with E-state index in [1.54, 1.807) is 31.0 Å². The fourth-order valence-electron chi connectivity index (χ4n) is 2.28. The summed E-state index contributed by atoms with van der Waals surface area (Å²) in [7, 11) is 3.14. The number of anilines is 1. The number of methoxy groups -OCH3 is 2. The van der Waals surface area contributed by atoms with Crippen LogP contribution in [-0.2, 0) is 17.8 Å². The number of hydrogen-bond donors (Lipinski definition) is 1. The molecule has 0 atom stereocenters. The molecule has 1 amide bonds. The molecule has 0 aliphatic carbocycles. The molecule has 0 radical (unpaired) electrons. The molecule has 0 aliphatic heterocycles. The van der Waals surface area contributed by atoms with Gasteiger partial charge in [-0.2, -0.15) is 0 Å². The van der Waals surface area contributed by atoms with E-state index in [9.17, 15) is 4.79 Å². The van der Waals surface area contributed by atoms with Crippen LogP contribution < -0.4 is 10.1 Å². The van der Waals surface area contributed by atoms with E-state index < -0.39 is 5.91 Å². The molecule has 1 aromatic carbocycles. The van der Waals surface area contributed by atoms with Crippen molar-refractivity contribution in [1.82, 2.24) is 25.2 Å². The summed E-state index contributed by atoms with van der Waals surface area (Å²) in [6, 6.07) is 7.26. The minimum absolute atomic E-state index is 0.177. The van der Waals surface area contributed by atoms with E-state index >= 15 is 0 Å². The van der Waals surface area contributed by atoms with E-state index in [1.807, 2.05) is 19.1 Å². The number of rotatable bonds is 7. The van der Waals surface area contributed by atoms with Gasteiger partial charge in [0.2, 0.25) is 5.13 Å². The van der Waals surface area contributed by atoms with E-state index in [-0.39, 0.29) is 12.3 Å². The van der Waals surface area contributed by atoms with Crippen LogP contribution in [0.25, 0.3) is 5.69 Å². The highest BCUT2D eigenvalue weighted by molar-refractivity contribution is 7.15. The van der Waals surface area contributed by atoms with Crippen LogP contribution in [-0.4, -0.2) is 45.3 Å². The van der Waals surface area contributed by atoms with Crippen LogP contribution in [0.2, 0.25) is 0 Å². The zero-order valence-electron chi connectivity index (χ0n) is 14.6. The predicted molar refractivity (Wildman–Crippen MR) is 95.9 cm³/mol. The molecule has 3 aromatic rings. The lowest BCUT2D eigenvalue weighted by Gasteiger charge is -2.08. The van der Waals surface area contributed by atoms with Crippen molar-refractivity contribution in [3.05, 3.63) is 40.7 Å². The number of amides is 1. The van der Waals surface area contributed by atoms with Gasteiger partial charge in [0, 0.05) is 7.11 Å². The van der Waals surface area contributed by atoms with Crippen LogP contribution in [0.1, 0.15) is 28.1 Å². The van der Waals surface area contributed by atoms with Crippen molar-refractivity contribution in [3.63, 3.8) is 0 Å². The van der Waals surface area contributed by atoms with Gasteiger partial charge >= 0.3 is 0 Å². The van der Waals surface area contributed by atoms with Gasteiger partial charge in [0.15, 0.2) is 5.69 Å². The Bertz CT molecular complexity index is 890. The van der Waals surface area contributed by atoms with E-state index in [4.69, 9.17) is 9.47 Å². The summed E-state index contributed by atoms with van der Waals surface area (Å²) < 4.78 is 11.9. The minimum atomic E-state index is -0.407. The van der Waals surface area contributed by atoms with Crippen molar-refractivity contribution in [2.45, 2.75) is 20.0 Å². The lowest BCUT2D eigenvalue weighted by Crippen LogP contribution is -2.16. The second-order valence-corrected chi connectivity index (χ2v) is 6.30. The van der Waals surface area contributed by atoms with E-state index in [1.165, 1.54) is 11.3 Å². The van der Waals surface area contributed by atoms with Gasteiger partial charge in [-0.25, -0.2) is 4.68 Å². The number of carbonyl (C=O) groups is 1. The molecule has 0 saturated heterocycles. The molecule has 10 heteroatoms. The molecule has 0 unspecified atom stereocenters. The van der Waals surface area contributed by atoms with E-state index in [0.717, 1.165) is 22.9 Å². The van der Waals surface area contributed by atoms with Crippen molar-refractivity contribution in [1.29, 1.82) is 0 Å². The number of ether oxygens (including phenoxy) is 2. The SMILES string of the molecule is CCc1nnc(NC(=O)c2nnn(-c3ccc(OC)cc3)c2COC)s1. The van der Waals surface area contributed by atoms with E-state index in [2.05, 4.69) is 25.8 Å². The first-order valence-electron chi connectivity index (χ1n) is 7.88. The van der Waals surface area contributed by atoms with Crippen molar-refractivity contribution in [2.75, 3.05) is 19.5 Å². The zero-order chi connectivity index (χ0) is 18.5. The number of aromatic nitrogens is 5. The number of nitrogens with one attached hydrogen (secondary N) is 1. The van der Waals surface area contributed by atoms with Crippen LogP contribution in [0.3, 0.4) is 0 Å². The summed E-state index contributed by atoms with van der Waals surface area (Å²) in [5.41, 5.74) is 1.46. The quantitative estimate of drug-likeness (QED) is 0.675. The highest BCUT2D eigenvalue weighted by atomic mass is 32.1. The van der Waals surface area contributed by atoms with E-state index in [0.29, 0.717) is 10.8 Å². The van der Waals surface area contributed by atoms with Gasteiger partial charge in [0.25, 0.3) is 5.91 Å². The maximum atomic E-state index is 12.6. The third kappa shape index (κ3) is 3.70. The minimum Gasteiger partial charge on any atom is -0.497 e. The average Bonchev–Trinajstić information content (AvgIpc) is 3.29. The van der Waals surface area contributed by atoms with Crippen molar-refractivity contribution in [3.8, 4) is 11.4 Å². The summed E-state index contributed by atoms with van der Waals surface area (Å²) in [6.45, 7) is 2.15. The first-order chi connectivity index (χ1) is 12.7. The summed E-state index contributed by atoms with van der Waals surface area (Å²) in [6.07, 6.45) is 0.760. The average molecular weight is 374 g/mol. The number of hydrogen-bond acceptors (Lipinski definition) is 8. The van der Waals surface area contributed by atoms with Gasteiger partial charge in [0.05, 0.1) is 19.4 Å². The van der Waals surface area contributed by atoms with Crippen molar-refractivity contribution in [2.24, 2.45) is 0 Å². The fraction of sp³-hybridized carbons (Fsp3) is 0.312. The lowest BCUT2D eigenvalue weighted by atomic mass is 10.2. The summed E-state index contributed by atoms with van der Waals surface area (Å²) in [4.78, 5) is 12.6. The smallest absolute Gasteiger partial charge is 0.280 e. The van der Waals surface area contributed by atoms with Crippen molar-refractivity contribution < 1.29 is 14.3 Å². The summed E-state index contributed by atoms with van der Waals surface area (Å²) in [5.74, 6) is 0.318. The third-order valence-electron chi connectivity index (χ3n) is 3.57. The maximum Gasteiger partial charge on any atom is 0.280 e. The Balaban J connectivity index is 1.89. The third-order valence-corrected chi connectivity index (χ3v) is 4.55. The Labute approximate surface area is 154 Å². The normalized spacial score (nSPS) is 10.7.